The molecule has 4 fully saturated rings. The van der Waals surface area contributed by atoms with Gasteiger partial charge in [0.05, 0.1) is 6.10 Å². The summed E-state index contributed by atoms with van der Waals surface area (Å²) in [5, 5.41) is 0. The fourth-order valence-electron chi connectivity index (χ4n) is 5.20. The summed E-state index contributed by atoms with van der Waals surface area (Å²) in [4.78, 5) is 0. The molecule has 0 N–H and O–H groups in total. The summed E-state index contributed by atoms with van der Waals surface area (Å²) in [5.74, 6) is 1.78. The molecule has 0 aromatic heterocycles. The molecule has 4 aliphatic rings. The van der Waals surface area contributed by atoms with E-state index in [1.807, 2.05) is 7.11 Å². The van der Waals surface area contributed by atoms with Crippen molar-refractivity contribution in [1.82, 2.24) is 0 Å². The van der Waals surface area contributed by atoms with Gasteiger partial charge >= 0.3 is 8.56 Å². The molecule has 0 bridgehead atoms. The Labute approximate surface area is 131 Å². The second-order valence-corrected chi connectivity index (χ2v) is 11.9. The molecule has 0 aromatic rings. The zero-order valence-electron chi connectivity index (χ0n) is 13.7. The first kappa shape index (κ1) is 14.7. The summed E-state index contributed by atoms with van der Waals surface area (Å²) in [5.41, 5.74) is 1.59. The molecule has 4 saturated carbocycles. The molecule has 0 amide bonds. The molecule has 0 atom stereocenters. The Morgan fingerprint density at radius 3 is 1.48 bits per heavy atom. The minimum absolute atomic E-state index is 0.581. The monoisotopic (exact) mass is 308 g/mol. The summed E-state index contributed by atoms with van der Waals surface area (Å²) < 4.78 is 13.5. The van der Waals surface area contributed by atoms with Crippen LogP contribution in [0.5, 0.6) is 0 Å². The predicted molar refractivity (Wildman–Crippen MR) is 87.5 cm³/mol. The molecule has 4 rings (SSSR count). The van der Waals surface area contributed by atoms with Crippen LogP contribution in [0, 0.1) is 11.8 Å². The van der Waals surface area contributed by atoms with E-state index < -0.39 is 8.56 Å². The Hall–Kier alpha value is 0.137. The maximum Gasteiger partial charge on any atom is 0.344 e. The number of hydrogen-bond donors (Lipinski definition) is 0. The van der Waals surface area contributed by atoms with E-state index in [9.17, 15) is 0 Å². The lowest BCUT2D eigenvalue weighted by atomic mass is 10.1. The standard InChI is InChI=1S/C18H32O2Si/c1-19-21(16-6-2-3-7-16,17-8-4-5-9-17)20-18(14-10-11-14)15-12-13-15/h14-18H,2-13H2,1H3. The first-order chi connectivity index (χ1) is 10.3. The van der Waals surface area contributed by atoms with E-state index in [0.717, 1.165) is 22.9 Å². The van der Waals surface area contributed by atoms with Crippen molar-refractivity contribution in [2.75, 3.05) is 7.11 Å². The molecule has 0 saturated heterocycles. The van der Waals surface area contributed by atoms with E-state index >= 15 is 0 Å². The molecule has 120 valence electrons. The van der Waals surface area contributed by atoms with Gasteiger partial charge < -0.3 is 8.85 Å². The van der Waals surface area contributed by atoms with Crippen LogP contribution in [0.25, 0.3) is 0 Å². The number of hydrogen-bond acceptors (Lipinski definition) is 2. The molecule has 2 nitrogen and oxygen atoms in total. The summed E-state index contributed by atoms with van der Waals surface area (Å²) in [6, 6.07) is 0. The average Bonchev–Trinajstić information content (AvgIpc) is 3.41. The summed E-state index contributed by atoms with van der Waals surface area (Å²) in [6.07, 6.45) is 17.5. The molecule has 0 spiro atoms. The minimum atomic E-state index is -2.01. The molecular formula is C18H32O2Si. The minimum Gasteiger partial charge on any atom is -0.397 e. The topological polar surface area (TPSA) is 18.5 Å². The second-order valence-electron chi connectivity index (χ2n) is 8.15. The van der Waals surface area contributed by atoms with Gasteiger partial charge in [-0.2, -0.15) is 0 Å². The molecule has 21 heavy (non-hydrogen) atoms. The van der Waals surface area contributed by atoms with Crippen molar-refractivity contribution >= 4 is 8.56 Å². The molecule has 0 heterocycles. The van der Waals surface area contributed by atoms with Crippen LogP contribution >= 0.6 is 0 Å². The Kier molecular flexibility index (Phi) is 4.18. The van der Waals surface area contributed by atoms with Gasteiger partial charge in [0.25, 0.3) is 0 Å². The van der Waals surface area contributed by atoms with Gasteiger partial charge in [-0.05, 0) is 63.2 Å². The SMILES string of the molecule is CO[Si](OC(C1CC1)C1CC1)(C1CCCC1)C1CCCC1. The van der Waals surface area contributed by atoms with Gasteiger partial charge in [-0.15, -0.1) is 0 Å². The van der Waals surface area contributed by atoms with Crippen molar-refractivity contribution in [1.29, 1.82) is 0 Å². The first-order valence-electron chi connectivity index (χ1n) is 9.56. The number of rotatable bonds is 7. The van der Waals surface area contributed by atoms with Gasteiger partial charge in [-0.25, -0.2) is 0 Å². The van der Waals surface area contributed by atoms with Crippen molar-refractivity contribution in [3.8, 4) is 0 Å². The molecule has 0 radical (unpaired) electrons. The van der Waals surface area contributed by atoms with Gasteiger partial charge in [0.15, 0.2) is 0 Å². The molecular weight excluding hydrogens is 276 g/mol. The Morgan fingerprint density at radius 1 is 0.714 bits per heavy atom. The van der Waals surface area contributed by atoms with Crippen molar-refractivity contribution in [2.24, 2.45) is 11.8 Å². The average molecular weight is 309 g/mol. The smallest absolute Gasteiger partial charge is 0.344 e. The van der Waals surface area contributed by atoms with Crippen LogP contribution in [-0.4, -0.2) is 21.8 Å². The zero-order chi connectivity index (χ0) is 14.3. The fraction of sp³-hybridized carbons (Fsp3) is 1.00. The highest BCUT2D eigenvalue weighted by Crippen LogP contribution is 2.55. The molecule has 0 aromatic carbocycles. The quantitative estimate of drug-likeness (QED) is 0.604. The van der Waals surface area contributed by atoms with Gasteiger partial charge in [0, 0.05) is 18.2 Å². The highest BCUT2D eigenvalue weighted by Gasteiger charge is 2.57. The normalized spacial score (nSPS) is 28.9. The lowest BCUT2D eigenvalue weighted by Gasteiger charge is -2.42. The van der Waals surface area contributed by atoms with Crippen LogP contribution in [0.3, 0.4) is 0 Å². The van der Waals surface area contributed by atoms with Gasteiger partial charge in [-0.3, -0.25) is 0 Å². The summed E-state index contributed by atoms with van der Waals surface area (Å²) in [7, 11) is -0.0123. The van der Waals surface area contributed by atoms with Crippen molar-refractivity contribution in [3.63, 3.8) is 0 Å². The summed E-state index contributed by atoms with van der Waals surface area (Å²) >= 11 is 0. The maximum absolute atomic E-state index is 7.12. The van der Waals surface area contributed by atoms with Gasteiger partial charge in [-0.1, -0.05) is 25.7 Å². The van der Waals surface area contributed by atoms with E-state index in [1.165, 1.54) is 77.0 Å². The van der Waals surface area contributed by atoms with Gasteiger partial charge in [0.1, 0.15) is 0 Å². The Balaban J connectivity index is 1.57. The van der Waals surface area contributed by atoms with E-state index in [2.05, 4.69) is 0 Å². The van der Waals surface area contributed by atoms with E-state index in [0.29, 0.717) is 6.10 Å². The van der Waals surface area contributed by atoms with Crippen LogP contribution < -0.4 is 0 Å². The van der Waals surface area contributed by atoms with Crippen LogP contribution in [0.1, 0.15) is 77.0 Å². The van der Waals surface area contributed by atoms with E-state index in [4.69, 9.17) is 8.85 Å². The van der Waals surface area contributed by atoms with Crippen LogP contribution in [-0.2, 0) is 8.85 Å². The molecule has 3 heteroatoms. The lowest BCUT2D eigenvalue weighted by molar-refractivity contribution is 0.0818. The van der Waals surface area contributed by atoms with Gasteiger partial charge in [0.2, 0.25) is 0 Å². The highest BCUT2D eigenvalue weighted by molar-refractivity contribution is 6.70. The van der Waals surface area contributed by atoms with Crippen molar-refractivity contribution in [2.45, 2.75) is 94.2 Å². The third-order valence-electron chi connectivity index (χ3n) is 6.66. The maximum atomic E-state index is 7.12. The summed E-state index contributed by atoms with van der Waals surface area (Å²) in [6.45, 7) is 0. The predicted octanol–water partition coefficient (Wildman–Crippen LogP) is 5.17. The van der Waals surface area contributed by atoms with Crippen LogP contribution in [0.15, 0.2) is 0 Å². The second kappa shape index (κ2) is 5.97. The van der Waals surface area contributed by atoms with Crippen LogP contribution in [0.2, 0.25) is 11.1 Å². The highest BCUT2D eigenvalue weighted by atomic mass is 28.4. The van der Waals surface area contributed by atoms with E-state index in [1.54, 1.807) is 0 Å². The van der Waals surface area contributed by atoms with Crippen LogP contribution in [0.4, 0.5) is 0 Å². The third-order valence-corrected chi connectivity index (χ3v) is 11.4. The molecule has 4 aliphatic carbocycles. The first-order valence-corrected chi connectivity index (χ1v) is 11.5. The van der Waals surface area contributed by atoms with E-state index in [-0.39, 0.29) is 0 Å². The Morgan fingerprint density at radius 2 is 1.14 bits per heavy atom. The van der Waals surface area contributed by atoms with Crippen molar-refractivity contribution in [3.05, 3.63) is 0 Å². The van der Waals surface area contributed by atoms with Crippen molar-refractivity contribution < 1.29 is 8.85 Å². The third kappa shape index (κ3) is 2.86. The zero-order valence-corrected chi connectivity index (χ0v) is 14.7. The fourth-order valence-corrected chi connectivity index (χ4v) is 10.3. The largest absolute Gasteiger partial charge is 0.397 e. The molecule has 0 unspecified atom stereocenters. The Bertz CT molecular complexity index is 324. The lowest BCUT2D eigenvalue weighted by Crippen LogP contribution is -2.52. The molecule has 0 aliphatic heterocycles.